The molecule has 1 unspecified atom stereocenters. The largest absolute Gasteiger partial charge is 0.490 e. The van der Waals surface area contributed by atoms with Gasteiger partial charge in [0.15, 0.2) is 0 Å². The Kier molecular flexibility index (Phi) is 9.82. The molecule has 2 N–H and O–H groups in total. The maximum absolute atomic E-state index is 12.9. The highest BCUT2D eigenvalue weighted by Gasteiger charge is 2.22. The van der Waals surface area contributed by atoms with E-state index in [0.717, 1.165) is 41.0 Å². The first-order chi connectivity index (χ1) is 17.7. The van der Waals surface area contributed by atoms with Gasteiger partial charge in [-0.3, -0.25) is 9.79 Å². The predicted octanol–water partition coefficient (Wildman–Crippen LogP) is 5.86. The summed E-state index contributed by atoms with van der Waals surface area (Å²) in [6.45, 7) is 12.0. The lowest BCUT2D eigenvalue weighted by atomic mass is 9.94. The Bertz CT molecular complexity index is 1220. The molecule has 2 atom stereocenters. The monoisotopic (exact) mass is 499 g/mol. The van der Waals surface area contributed by atoms with Gasteiger partial charge in [0.1, 0.15) is 11.8 Å². The fourth-order valence-electron chi connectivity index (χ4n) is 4.48. The third-order valence-electron chi connectivity index (χ3n) is 6.26. The van der Waals surface area contributed by atoms with Crippen molar-refractivity contribution in [3.63, 3.8) is 0 Å². The summed E-state index contributed by atoms with van der Waals surface area (Å²) in [5, 5.41) is 22.1. The van der Waals surface area contributed by atoms with Crippen LogP contribution >= 0.6 is 0 Å². The zero-order valence-electron chi connectivity index (χ0n) is 22.3. The molecule has 0 aromatic heterocycles. The minimum Gasteiger partial charge on any atom is -0.490 e. The average molecular weight is 500 g/mol. The minimum absolute atomic E-state index is 0.0439. The number of rotatable bonds is 12. The third kappa shape index (κ3) is 7.41. The van der Waals surface area contributed by atoms with Gasteiger partial charge in [-0.05, 0) is 81.0 Å². The highest BCUT2D eigenvalue weighted by atomic mass is 16.5. The molecule has 6 heteroatoms. The second-order valence-electron chi connectivity index (χ2n) is 9.80. The van der Waals surface area contributed by atoms with Crippen LogP contribution in [0.1, 0.15) is 74.0 Å². The van der Waals surface area contributed by atoms with Crippen LogP contribution in [0.5, 0.6) is 5.75 Å². The average Bonchev–Trinajstić information content (AvgIpc) is 3.29. The number of nitriles is 1. The number of nitrogens with one attached hydrogen (secondary N) is 1. The topological polar surface area (TPSA) is 94.7 Å². The first-order valence-corrected chi connectivity index (χ1v) is 12.9. The molecule has 0 saturated carbocycles. The van der Waals surface area contributed by atoms with E-state index in [1.807, 2.05) is 32.9 Å². The van der Waals surface area contributed by atoms with Gasteiger partial charge < -0.3 is 15.2 Å². The van der Waals surface area contributed by atoms with Crippen LogP contribution in [0.4, 0.5) is 0 Å². The molecule has 1 aliphatic heterocycles. The Morgan fingerprint density at radius 1 is 1.24 bits per heavy atom. The molecule has 0 fully saturated rings. The van der Waals surface area contributed by atoms with Gasteiger partial charge in [0, 0.05) is 24.1 Å². The molecule has 0 radical (unpaired) electrons. The smallest absolute Gasteiger partial charge is 0.251 e. The summed E-state index contributed by atoms with van der Waals surface area (Å²) in [6.07, 6.45) is 5.29. The number of hydrogen-bond acceptors (Lipinski definition) is 5. The van der Waals surface area contributed by atoms with E-state index in [4.69, 9.17) is 9.73 Å². The molecule has 0 aliphatic carbocycles. The Morgan fingerprint density at radius 2 is 1.97 bits per heavy atom. The highest BCUT2D eigenvalue weighted by Crippen LogP contribution is 2.31. The third-order valence-corrected chi connectivity index (χ3v) is 6.26. The summed E-state index contributed by atoms with van der Waals surface area (Å²) >= 11 is 0. The van der Waals surface area contributed by atoms with Crippen LogP contribution in [-0.4, -0.2) is 35.5 Å². The number of nitrogens with zero attached hydrogens (tertiary/aromatic N) is 2. The number of aliphatic imine (C=N–C) groups is 1. The summed E-state index contributed by atoms with van der Waals surface area (Å²) in [5.41, 5.74) is 5.84. The summed E-state index contributed by atoms with van der Waals surface area (Å²) in [6, 6.07) is 14.9. The number of ether oxygens (including phenoxy) is 1. The van der Waals surface area contributed by atoms with Crippen molar-refractivity contribution >= 4 is 17.3 Å². The van der Waals surface area contributed by atoms with Crippen molar-refractivity contribution in [3.8, 4) is 11.8 Å². The van der Waals surface area contributed by atoms with E-state index < -0.39 is 0 Å². The van der Waals surface area contributed by atoms with Crippen molar-refractivity contribution in [3.05, 3.63) is 82.9 Å². The number of aliphatic hydroxyl groups is 1. The normalized spacial score (nSPS) is 15.5. The Labute approximate surface area is 220 Å². The van der Waals surface area contributed by atoms with Crippen molar-refractivity contribution in [2.75, 3.05) is 6.61 Å². The number of amides is 1. The van der Waals surface area contributed by atoms with Crippen LogP contribution in [0.25, 0.3) is 5.70 Å². The lowest BCUT2D eigenvalue weighted by Crippen LogP contribution is -2.37. The van der Waals surface area contributed by atoms with Gasteiger partial charge in [-0.1, -0.05) is 44.2 Å². The van der Waals surface area contributed by atoms with Gasteiger partial charge in [-0.2, -0.15) is 5.26 Å². The number of allylic oxidation sites excluding steroid dienone is 2. The molecule has 2 aromatic carbocycles. The SMILES string of the molecule is C=C(C)C1=NC(c2ccc(C[C@@H](CCO)NC(=O)c3ccc(OC(C)C)c(C#N)c3)cc2)=CC1CCC. The number of carbonyl (C=O) groups excluding carboxylic acids is 1. The van der Waals surface area contributed by atoms with Crippen LogP contribution in [0, 0.1) is 17.2 Å². The zero-order chi connectivity index (χ0) is 26.9. The lowest BCUT2D eigenvalue weighted by molar-refractivity contribution is 0.0930. The number of benzene rings is 2. The molecule has 37 heavy (non-hydrogen) atoms. The highest BCUT2D eigenvalue weighted by molar-refractivity contribution is 6.08. The molecular weight excluding hydrogens is 462 g/mol. The second-order valence-corrected chi connectivity index (χ2v) is 9.80. The predicted molar refractivity (Wildman–Crippen MR) is 149 cm³/mol. The van der Waals surface area contributed by atoms with Gasteiger partial charge >= 0.3 is 0 Å². The first-order valence-electron chi connectivity index (χ1n) is 12.9. The van der Waals surface area contributed by atoms with Crippen molar-refractivity contribution in [1.29, 1.82) is 5.26 Å². The Balaban J connectivity index is 1.71. The van der Waals surface area contributed by atoms with Gasteiger partial charge in [-0.25, -0.2) is 0 Å². The standard InChI is InChI=1S/C31H37N3O3/c1-6-7-24-18-28(34-30(24)20(2)3)23-10-8-22(9-11-23)16-27(14-15-35)33-31(36)25-12-13-29(37-21(4)5)26(17-25)19-32/h8-13,17-18,21,24,27,35H,2,6-7,14-16H2,1,3-5H3,(H,33,36)/t24?,27-/m1/s1. The van der Waals surface area contributed by atoms with Crippen LogP contribution in [-0.2, 0) is 6.42 Å². The molecule has 6 nitrogen and oxygen atoms in total. The fraction of sp³-hybridized carbons (Fsp3) is 0.387. The van der Waals surface area contributed by atoms with Gasteiger partial charge in [0.2, 0.25) is 0 Å². The van der Waals surface area contributed by atoms with Gasteiger partial charge in [0.25, 0.3) is 5.91 Å². The van der Waals surface area contributed by atoms with E-state index >= 15 is 0 Å². The van der Waals surface area contributed by atoms with E-state index in [1.54, 1.807) is 18.2 Å². The van der Waals surface area contributed by atoms with Crippen molar-refractivity contribution < 1.29 is 14.6 Å². The Hall–Kier alpha value is -3.69. The Morgan fingerprint density at radius 3 is 2.57 bits per heavy atom. The van der Waals surface area contributed by atoms with Crippen molar-refractivity contribution in [2.45, 2.75) is 65.5 Å². The molecule has 3 rings (SSSR count). The van der Waals surface area contributed by atoms with Gasteiger partial charge in [-0.15, -0.1) is 0 Å². The lowest BCUT2D eigenvalue weighted by Gasteiger charge is -2.19. The molecule has 0 bridgehead atoms. The minimum atomic E-state index is -0.289. The van der Waals surface area contributed by atoms with E-state index in [9.17, 15) is 15.2 Å². The zero-order valence-corrected chi connectivity index (χ0v) is 22.3. The molecule has 0 saturated heterocycles. The fourth-order valence-corrected chi connectivity index (χ4v) is 4.48. The van der Waals surface area contributed by atoms with E-state index in [1.165, 1.54) is 0 Å². The van der Waals surface area contributed by atoms with Crippen LogP contribution in [0.2, 0.25) is 0 Å². The molecule has 194 valence electrons. The van der Waals surface area contributed by atoms with Gasteiger partial charge in [0.05, 0.1) is 23.1 Å². The molecule has 1 heterocycles. The van der Waals surface area contributed by atoms with Crippen LogP contribution < -0.4 is 10.1 Å². The van der Waals surface area contributed by atoms with Crippen molar-refractivity contribution in [2.24, 2.45) is 10.9 Å². The van der Waals surface area contributed by atoms with Crippen LogP contribution in [0.3, 0.4) is 0 Å². The quantitative estimate of drug-likeness (QED) is 0.383. The molecule has 0 spiro atoms. The summed E-state index contributed by atoms with van der Waals surface area (Å²) in [7, 11) is 0. The number of aliphatic hydroxyl groups excluding tert-OH is 1. The van der Waals surface area contributed by atoms with Crippen LogP contribution in [0.15, 0.2) is 65.7 Å². The van der Waals surface area contributed by atoms with E-state index in [-0.39, 0.29) is 24.7 Å². The number of hydrogen-bond donors (Lipinski definition) is 2. The second kappa shape index (κ2) is 13.0. The molecular formula is C31H37N3O3. The van der Waals surface area contributed by atoms with E-state index in [0.29, 0.717) is 35.6 Å². The summed E-state index contributed by atoms with van der Waals surface area (Å²) < 4.78 is 5.65. The molecule has 1 aliphatic rings. The molecule has 1 amide bonds. The molecule has 2 aromatic rings. The van der Waals surface area contributed by atoms with E-state index in [2.05, 4.69) is 43.1 Å². The first kappa shape index (κ1) is 27.9. The maximum atomic E-state index is 12.9. The maximum Gasteiger partial charge on any atom is 0.251 e. The van der Waals surface area contributed by atoms with Crippen molar-refractivity contribution in [1.82, 2.24) is 5.32 Å². The summed E-state index contributed by atoms with van der Waals surface area (Å²) in [5.74, 6) is 0.482. The number of carbonyl (C=O) groups is 1. The summed E-state index contributed by atoms with van der Waals surface area (Å²) in [4.78, 5) is 17.8.